The van der Waals surface area contributed by atoms with E-state index in [9.17, 15) is 4.79 Å². The number of nitrogens with two attached hydrogens (primary N) is 1. The maximum atomic E-state index is 11.8. The number of esters is 1. The number of nitrogens with zero attached hydrogens (tertiary/aromatic N) is 4. The third kappa shape index (κ3) is 3.43. The van der Waals surface area contributed by atoms with Crippen LogP contribution < -0.4 is 11.1 Å². The van der Waals surface area contributed by atoms with E-state index in [0.29, 0.717) is 24.4 Å². The summed E-state index contributed by atoms with van der Waals surface area (Å²) in [6, 6.07) is 9.79. The molecular formula is C22H21BrN6O2. The molecule has 0 bridgehead atoms. The van der Waals surface area contributed by atoms with Gasteiger partial charge >= 0.3 is 5.97 Å². The Hall–Kier alpha value is -3.04. The summed E-state index contributed by atoms with van der Waals surface area (Å²) in [5, 5.41) is 8.78. The number of hydrogen-bond donors (Lipinski definition) is 2. The van der Waals surface area contributed by atoms with Gasteiger partial charge in [-0.3, -0.25) is 9.78 Å². The minimum Gasteiger partial charge on any atom is -0.468 e. The van der Waals surface area contributed by atoms with E-state index in [-0.39, 0.29) is 17.9 Å². The number of anilines is 1. The maximum absolute atomic E-state index is 11.8. The van der Waals surface area contributed by atoms with E-state index in [1.807, 2.05) is 30.5 Å². The van der Waals surface area contributed by atoms with E-state index >= 15 is 0 Å². The molecule has 1 aliphatic rings. The molecule has 1 aliphatic heterocycles. The van der Waals surface area contributed by atoms with E-state index < -0.39 is 0 Å². The first kappa shape index (κ1) is 19.9. The zero-order valence-electron chi connectivity index (χ0n) is 16.9. The molecule has 3 N–H and O–H groups in total. The normalized spacial score (nSPS) is 19.0. The summed E-state index contributed by atoms with van der Waals surface area (Å²) < 4.78 is 7.23. The zero-order chi connectivity index (χ0) is 21.5. The molecule has 0 amide bonds. The molecule has 3 aromatic heterocycles. The Kier molecular flexibility index (Phi) is 5.07. The Labute approximate surface area is 186 Å². The van der Waals surface area contributed by atoms with Gasteiger partial charge in [-0.1, -0.05) is 18.2 Å². The van der Waals surface area contributed by atoms with Gasteiger partial charge in [0.1, 0.15) is 11.9 Å². The molecule has 0 spiro atoms. The average Bonchev–Trinajstić information content (AvgIpc) is 3.25. The van der Waals surface area contributed by atoms with Crippen molar-refractivity contribution in [2.45, 2.75) is 24.8 Å². The molecular weight excluding hydrogens is 460 g/mol. The number of halogens is 1. The Morgan fingerprint density at radius 2 is 2.13 bits per heavy atom. The number of aromatic nitrogens is 4. The molecule has 4 aromatic rings. The first-order chi connectivity index (χ1) is 15.1. The molecule has 1 aromatic carbocycles. The third-order valence-corrected chi connectivity index (χ3v) is 6.65. The van der Waals surface area contributed by atoms with E-state index in [2.05, 4.69) is 37.4 Å². The Morgan fingerprint density at radius 1 is 1.29 bits per heavy atom. The number of carbonyl (C=O) groups is 1. The van der Waals surface area contributed by atoms with Gasteiger partial charge in [0.15, 0.2) is 5.65 Å². The largest absolute Gasteiger partial charge is 0.468 e. The van der Waals surface area contributed by atoms with Crippen molar-refractivity contribution in [2.24, 2.45) is 0 Å². The van der Waals surface area contributed by atoms with Gasteiger partial charge in [-0.05, 0) is 40.9 Å². The highest BCUT2D eigenvalue weighted by atomic mass is 79.9. The number of rotatable bonds is 3. The second kappa shape index (κ2) is 7.90. The fourth-order valence-electron chi connectivity index (χ4n) is 4.14. The number of ether oxygens (including phenoxy) is 1. The van der Waals surface area contributed by atoms with Crippen LogP contribution in [0.15, 0.2) is 47.2 Å². The van der Waals surface area contributed by atoms with E-state index in [1.165, 1.54) is 7.11 Å². The topological polar surface area (TPSA) is 107 Å². The smallest absolute Gasteiger partial charge is 0.322 e. The molecule has 158 valence electrons. The van der Waals surface area contributed by atoms with E-state index in [0.717, 1.165) is 38.6 Å². The minimum atomic E-state index is -0.282. The first-order valence-electron chi connectivity index (χ1n) is 10.1. The van der Waals surface area contributed by atoms with Gasteiger partial charge in [0.25, 0.3) is 0 Å². The monoisotopic (exact) mass is 480 g/mol. The Morgan fingerprint density at radius 3 is 2.90 bits per heavy atom. The second-order valence-electron chi connectivity index (χ2n) is 7.66. The number of nitrogens with one attached hydrogen (secondary N) is 1. The number of methoxy groups -OCH3 is 1. The van der Waals surface area contributed by atoms with Gasteiger partial charge in [0, 0.05) is 35.2 Å². The molecule has 1 fully saturated rings. The zero-order valence-corrected chi connectivity index (χ0v) is 18.5. The predicted octanol–water partition coefficient (Wildman–Crippen LogP) is 3.30. The standard InChI is InChI=1S/C22H21BrN6O2/c1-31-22(30)17-7-6-13(9-26-17)19-18(23)20(24)29-21(28-19)15(11-27-29)14-8-12-4-2-3-5-16(12)25-10-14/h2-5,8,10-11,13,17,26H,6-7,9,24H2,1H3/t13-,17-/m1/s1. The summed E-state index contributed by atoms with van der Waals surface area (Å²) in [6.07, 6.45) is 5.08. The van der Waals surface area contributed by atoms with Gasteiger partial charge in [0.05, 0.1) is 29.0 Å². The number of para-hydroxylation sites is 1. The molecule has 0 aliphatic carbocycles. The molecule has 4 heterocycles. The summed E-state index contributed by atoms with van der Waals surface area (Å²) in [4.78, 5) is 21.3. The number of benzene rings is 1. The van der Waals surface area contributed by atoms with Crippen LogP contribution in [-0.2, 0) is 9.53 Å². The molecule has 8 nitrogen and oxygen atoms in total. The van der Waals surface area contributed by atoms with Gasteiger partial charge in [-0.2, -0.15) is 9.61 Å². The van der Waals surface area contributed by atoms with Gasteiger partial charge in [0.2, 0.25) is 0 Å². The number of pyridine rings is 1. The fourth-order valence-corrected chi connectivity index (χ4v) is 4.72. The van der Waals surface area contributed by atoms with Crippen LogP contribution in [0.5, 0.6) is 0 Å². The van der Waals surface area contributed by atoms with Crippen LogP contribution in [0.3, 0.4) is 0 Å². The number of carbonyl (C=O) groups excluding carboxylic acids is 1. The third-order valence-electron chi connectivity index (χ3n) is 5.84. The molecule has 5 rings (SSSR count). The summed E-state index contributed by atoms with van der Waals surface area (Å²) in [6.45, 7) is 0.613. The number of fused-ring (bicyclic) bond motifs is 2. The lowest BCUT2D eigenvalue weighted by molar-refractivity contribution is -0.143. The molecule has 0 radical (unpaired) electrons. The first-order valence-corrected chi connectivity index (χ1v) is 10.8. The highest BCUT2D eigenvalue weighted by molar-refractivity contribution is 9.10. The van der Waals surface area contributed by atoms with Gasteiger partial charge in [-0.15, -0.1) is 0 Å². The van der Waals surface area contributed by atoms with Gasteiger partial charge in [-0.25, -0.2) is 4.98 Å². The Balaban J connectivity index is 1.55. The van der Waals surface area contributed by atoms with Crippen molar-refractivity contribution in [2.75, 3.05) is 19.4 Å². The van der Waals surface area contributed by atoms with Crippen molar-refractivity contribution < 1.29 is 9.53 Å². The number of piperidine rings is 1. The van der Waals surface area contributed by atoms with Crippen molar-refractivity contribution in [3.8, 4) is 11.1 Å². The Bertz CT molecular complexity index is 1300. The number of hydrogen-bond acceptors (Lipinski definition) is 7. The predicted molar refractivity (Wildman–Crippen MR) is 122 cm³/mol. The lowest BCUT2D eigenvalue weighted by atomic mass is 9.91. The van der Waals surface area contributed by atoms with Crippen LogP contribution in [-0.4, -0.2) is 45.2 Å². The minimum absolute atomic E-state index is 0.111. The lowest BCUT2D eigenvalue weighted by Gasteiger charge is -2.28. The van der Waals surface area contributed by atoms with Crippen molar-refractivity contribution in [3.63, 3.8) is 0 Å². The summed E-state index contributed by atoms with van der Waals surface area (Å²) in [5.74, 6) is 0.373. The van der Waals surface area contributed by atoms with Crippen molar-refractivity contribution in [3.05, 3.63) is 52.9 Å². The summed E-state index contributed by atoms with van der Waals surface area (Å²) in [7, 11) is 1.41. The van der Waals surface area contributed by atoms with E-state index in [1.54, 1.807) is 10.7 Å². The van der Waals surface area contributed by atoms with Crippen LogP contribution in [0.4, 0.5) is 5.82 Å². The maximum Gasteiger partial charge on any atom is 0.322 e. The van der Waals surface area contributed by atoms with Crippen molar-refractivity contribution >= 4 is 44.3 Å². The van der Waals surface area contributed by atoms with Crippen LogP contribution in [0.2, 0.25) is 0 Å². The van der Waals surface area contributed by atoms with Crippen LogP contribution in [0.1, 0.15) is 24.5 Å². The summed E-state index contributed by atoms with van der Waals surface area (Å²) >= 11 is 3.61. The quantitative estimate of drug-likeness (QED) is 0.433. The van der Waals surface area contributed by atoms with Crippen molar-refractivity contribution in [1.29, 1.82) is 0 Å². The van der Waals surface area contributed by atoms with Gasteiger partial charge < -0.3 is 15.8 Å². The van der Waals surface area contributed by atoms with Crippen LogP contribution in [0, 0.1) is 0 Å². The average molecular weight is 481 g/mol. The van der Waals surface area contributed by atoms with Crippen LogP contribution in [0.25, 0.3) is 27.7 Å². The molecule has 2 atom stereocenters. The molecule has 9 heteroatoms. The summed E-state index contributed by atoms with van der Waals surface area (Å²) in [5.41, 5.74) is 10.7. The van der Waals surface area contributed by atoms with E-state index in [4.69, 9.17) is 15.5 Å². The lowest BCUT2D eigenvalue weighted by Crippen LogP contribution is -2.44. The molecule has 0 saturated carbocycles. The molecule has 31 heavy (non-hydrogen) atoms. The van der Waals surface area contributed by atoms with Crippen LogP contribution >= 0.6 is 15.9 Å². The van der Waals surface area contributed by atoms with Crippen molar-refractivity contribution in [1.82, 2.24) is 24.9 Å². The SMILES string of the molecule is COC(=O)[C@H]1CC[C@@H](c2nc3c(-c4cnc5ccccc5c4)cnn3c(N)c2Br)CN1. The molecule has 0 unspecified atom stereocenters. The second-order valence-corrected chi connectivity index (χ2v) is 8.46. The highest BCUT2D eigenvalue weighted by Gasteiger charge is 2.30. The highest BCUT2D eigenvalue weighted by Crippen LogP contribution is 2.36. The molecule has 1 saturated heterocycles. The fraction of sp³-hybridized carbons (Fsp3) is 0.273. The number of nitrogen functional groups attached to an aromatic ring is 1.